The monoisotopic (exact) mass is 467 g/mol. The number of aryl methyl sites for hydroxylation is 1. The molecule has 3 aromatic rings. The van der Waals surface area contributed by atoms with Gasteiger partial charge in [0.05, 0.1) is 15.3 Å². The highest BCUT2D eigenvalue weighted by Crippen LogP contribution is 2.37. The summed E-state index contributed by atoms with van der Waals surface area (Å²) < 4.78 is 79.3. The van der Waals surface area contributed by atoms with Crippen molar-refractivity contribution < 1.29 is 31.3 Å². The summed E-state index contributed by atoms with van der Waals surface area (Å²) in [6.07, 6.45) is -2.87. The summed E-state index contributed by atoms with van der Waals surface area (Å²) in [5.41, 5.74) is -1.83. The quantitative estimate of drug-likeness (QED) is 0.476. The fourth-order valence-electron chi connectivity index (χ4n) is 2.82. The van der Waals surface area contributed by atoms with E-state index in [1.165, 1.54) is 43.5 Å². The van der Waals surface area contributed by atoms with E-state index in [9.17, 15) is 26.6 Å². The van der Waals surface area contributed by atoms with Crippen molar-refractivity contribution in [1.82, 2.24) is 4.98 Å². The molecule has 0 fully saturated rings. The summed E-state index contributed by atoms with van der Waals surface area (Å²) in [5.74, 6) is -2.34. The summed E-state index contributed by atoms with van der Waals surface area (Å²) in [6.45, 7) is 1.49. The van der Waals surface area contributed by atoms with Crippen LogP contribution in [-0.4, -0.2) is 21.4 Å². The van der Waals surface area contributed by atoms with Crippen LogP contribution in [0.25, 0.3) is 0 Å². The van der Waals surface area contributed by atoms with Gasteiger partial charge in [-0.05, 0) is 55.0 Å². The average molecular weight is 467 g/mol. The van der Waals surface area contributed by atoms with Gasteiger partial charge in [0.1, 0.15) is 17.1 Å². The number of aromatic nitrogens is 1. The topological polar surface area (TPSA) is 92.1 Å². The lowest BCUT2D eigenvalue weighted by molar-refractivity contribution is -0.138. The van der Waals surface area contributed by atoms with Gasteiger partial charge in [0.2, 0.25) is 5.88 Å². The van der Waals surface area contributed by atoms with Gasteiger partial charge in [-0.3, -0.25) is 4.79 Å². The summed E-state index contributed by atoms with van der Waals surface area (Å²) in [6, 6.07) is 9.46. The maximum Gasteiger partial charge on any atom is 0.417 e. The Hall–Kier alpha value is -3.47. The predicted molar refractivity (Wildman–Crippen MR) is 110 cm³/mol. The Balaban J connectivity index is 2.06. The van der Waals surface area contributed by atoms with Crippen LogP contribution < -0.4 is 10.1 Å². The molecule has 0 saturated carbocycles. The molecular formula is C21H17F4N3O3S. The van der Waals surface area contributed by atoms with Gasteiger partial charge in [-0.2, -0.15) is 13.2 Å². The Morgan fingerprint density at radius 3 is 2.50 bits per heavy atom. The maximum absolute atomic E-state index is 13.6. The van der Waals surface area contributed by atoms with E-state index in [2.05, 4.69) is 10.3 Å². The van der Waals surface area contributed by atoms with E-state index in [1.54, 1.807) is 0 Å². The molecule has 0 bridgehead atoms. The van der Waals surface area contributed by atoms with Crippen LogP contribution in [0.2, 0.25) is 0 Å². The molecule has 2 aromatic carbocycles. The molecule has 1 unspecified atom stereocenters. The Kier molecular flexibility index (Phi) is 6.22. The van der Waals surface area contributed by atoms with Gasteiger partial charge in [0.15, 0.2) is 0 Å². The largest absolute Gasteiger partial charge is 0.438 e. The molecule has 0 aliphatic heterocycles. The molecule has 1 amide bonds. The van der Waals surface area contributed by atoms with E-state index >= 15 is 0 Å². The number of carbonyl (C=O) groups excluding carboxylic acids is 1. The van der Waals surface area contributed by atoms with E-state index < -0.39 is 44.6 Å². The fourth-order valence-corrected chi connectivity index (χ4v) is 3.51. The molecule has 3 rings (SSSR count). The normalized spacial score (nSPS) is 13.3. The molecule has 2 N–H and O–H groups in total. The Morgan fingerprint density at radius 1 is 1.16 bits per heavy atom. The number of ether oxygens (including phenoxy) is 1. The third-order valence-electron chi connectivity index (χ3n) is 4.33. The van der Waals surface area contributed by atoms with Crippen LogP contribution in [0.4, 0.5) is 23.2 Å². The second-order valence-corrected chi connectivity index (χ2v) is 9.03. The van der Waals surface area contributed by atoms with Crippen molar-refractivity contribution in [3.63, 3.8) is 0 Å². The van der Waals surface area contributed by atoms with Gasteiger partial charge < -0.3 is 10.1 Å². The lowest BCUT2D eigenvalue weighted by atomic mass is 10.1. The number of alkyl halides is 3. The minimum absolute atomic E-state index is 0.0224. The number of amides is 1. The first-order valence-corrected chi connectivity index (χ1v) is 11.0. The van der Waals surface area contributed by atoms with Crippen molar-refractivity contribution >= 4 is 21.3 Å². The van der Waals surface area contributed by atoms with Gasteiger partial charge in [0.25, 0.3) is 5.91 Å². The summed E-state index contributed by atoms with van der Waals surface area (Å²) >= 11 is 0. The molecule has 6 nitrogen and oxygen atoms in total. The molecular weight excluding hydrogens is 450 g/mol. The summed E-state index contributed by atoms with van der Waals surface area (Å²) in [5, 5.41) is 2.31. The number of anilines is 1. The number of nitrogens with zero attached hydrogens (tertiary/aromatic N) is 1. The van der Waals surface area contributed by atoms with Crippen LogP contribution in [0.5, 0.6) is 11.6 Å². The number of halogens is 4. The Morgan fingerprint density at radius 2 is 1.88 bits per heavy atom. The molecule has 168 valence electrons. The molecule has 0 saturated heterocycles. The molecule has 11 heteroatoms. The van der Waals surface area contributed by atoms with Crippen LogP contribution in [0, 0.1) is 17.5 Å². The number of benzene rings is 2. The number of rotatable bonds is 5. The zero-order valence-corrected chi connectivity index (χ0v) is 17.6. The van der Waals surface area contributed by atoms with Gasteiger partial charge >= 0.3 is 6.18 Å². The highest BCUT2D eigenvalue weighted by Gasteiger charge is 2.38. The van der Waals surface area contributed by atoms with Gasteiger partial charge in [-0.25, -0.2) is 18.4 Å². The smallest absolute Gasteiger partial charge is 0.417 e. The molecule has 0 spiro atoms. The number of carbonyl (C=O) groups is 1. The van der Waals surface area contributed by atoms with Crippen molar-refractivity contribution in [1.29, 1.82) is 4.78 Å². The van der Waals surface area contributed by atoms with Crippen molar-refractivity contribution in [2.45, 2.75) is 18.0 Å². The van der Waals surface area contributed by atoms with Crippen LogP contribution in [0.1, 0.15) is 21.5 Å². The average Bonchev–Trinajstić information content (AvgIpc) is 2.69. The first-order chi connectivity index (χ1) is 14.9. The standard InChI is InChI=1S/C21H17F4N3O3S/c1-12-10-13(22)6-7-17(12)31-20-18(16(8-9-27-20)21(23,24)25)19(29)28-14-4-3-5-15(11-14)32(2,26)30/h3-11,26H,1-2H3,(H,28,29). The van der Waals surface area contributed by atoms with Gasteiger partial charge in [-0.1, -0.05) is 6.07 Å². The molecule has 0 aliphatic rings. The van der Waals surface area contributed by atoms with Crippen molar-refractivity contribution in [2.24, 2.45) is 0 Å². The number of nitrogens with one attached hydrogen (secondary N) is 2. The minimum atomic E-state index is -4.90. The number of hydrogen-bond acceptors (Lipinski definition) is 5. The Bertz CT molecular complexity index is 1290. The van der Waals surface area contributed by atoms with Gasteiger partial charge in [0, 0.05) is 23.0 Å². The van der Waals surface area contributed by atoms with Crippen molar-refractivity contribution in [3.8, 4) is 11.6 Å². The lowest BCUT2D eigenvalue weighted by Gasteiger charge is -2.17. The van der Waals surface area contributed by atoms with Crippen molar-refractivity contribution in [3.05, 3.63) is 77.2 Å². The SMILES string of the molecule is Cc1cc(F)ccc1Oc1nccc(C(F)(F)F)c1C(=O)Nc1cccc(S(C)(=N)=O)c1. The van der Waals surface area contributed by atoms with Crippen LogP contribution in [0.15, 0.2) is 59.6 Å². The highest BCUT2D eigenvalue weighted by atomic mass is 32.2. The second-order valence-electron chi connectivity index (χ2n) is 6.87. The minimum Gasteiger partial charge on any atom is -0.438 e. The molecule has 1 atom stereocenters. The number of hydrogen-bond donors (Lipinski definition) is 2. The molecule has 1 heterocycles. The fraction of sp³-hybridized carbons (Fsp3) is 0.143. The molecule has 0 radical (unpaired) electrons. The summed E-state index contributed by atoms with van der Waals surface area (Å²) in [4.78, 5) is 16.8. The van der Waals surface area contributed by atoms with E-state index in [4.69, 9.17) is 9.52 Å². The lowest BCUT2D eigenvalue weighted by Crippen LogP contribution is -2.20. The van der Waals surface area contributed by atoms with Crippen LogP contribution in [-0.2, 0) is 15.9 Å². The Labute approximate surface area is 181 Å². The van der Waals surface area contributed by atoms with E-state index in [1.807, 2.05) is 0 Å². The molecule has 1 aromatic heterocycles. The summed E-state index contributed by atoms with van der Waals surface area (Å²) in [7, 11) is -3.11. The third-order valence-corrected chi connectivity index (χ3v) is 5.49. The first kappa shape index (κ1) is 23.2. The third kappa shape index (κ3) is 5.22. The van der Waals surface area contributed by atoms with Crippen LogP contribution >= 0.6 is 0 Å². The molecule has 32 heavy (non-hydrogen) atoms. The van der Waals surface area contributed by atoms with E-state index in [0.29, 0.717) is 6.07 Å². The second kappa shape index (κ2) is 8.58. The van der Waals surface area contributed by atoms with E-state index in [0.717, 1.165) is 18.3 Å². The highest BCUT2D eigenvalue weighted by molar-refractivity contribution is 7.91. The predicted octanol–water partition coefficient (Wildman–Crippen LogP) is 5.63. The zero-order chi connectivity index (χ0) is 23.7. The zero-order valence-electron chi connectivity index (χ0n) is 16.8. The first-order valence-electron chi connectivity index (χ1n) is 9.01. The molecule has 0 aliphatic carbocycles. The van der Waals surface area contributed by atoms with Gasteiger partial charge in [-0.15, -0.1) is 0 Å². The van der Waals surface area contributed by atoms with Crippen LogP contribution in [0.3, 0.4) is 0 Å². The van der Waals surface area contributed by atoms with E-state index in [-0.39, 0.29) is 21.9 Å². The van der Waals surface area contributed by atoms with Crippen molar-refractivity contribution in [2.75, 3.05) is 11.6 Å². The maximum atomic E-state index is 13.6. The number of pyridine rings is 1.